The molecule has 3 nitrogen and oxygen atoms in total. The first-order valence-corrected chi connectivity index (χ1v) is 5.61. The van der Waals surface area contributed by atoms with E-state index in [1.165, 1.54) is 0 Å². The SMILES string of the molecule is CC1OCCC1CNc1ncccc1Cl. The number of hydrogen-bond donors (Lipinski definition) is 1. The summed E-state index contributed by atoms with van der Waals surface area (Å²) in [5.41, 5.74) is 0. The lowest BCUT2D eigenvalue weighted by Crippen LogP contribution is -2.21. The molecule has 1 aliphatic heterocycles. The lowest BCUT2D eigenvalue weighted by atomic mass is 10.0. The van der Waals surface area contributed by atoms with Gasteiger partial charge in [-0.25, -0.2) is 4.98 Å². The predicted molar refractivity (Wildman–Crippen MR) is 61.3 cm³/mol. The maximum absolute atomic E-state index is 5.99. The van der Waals surface area contributed by atoms with Crippen LogP contribution in [-0.2, 0) is 4.74 Å². The van der Waals surface area contributed by atoms with E-state index in [2.05, 4.69) is 17.2 Å². The zero-order valence-electron chi connectivity index (χ0n) is 8.74. The van der Waals surface area contributed by atoms with Crippen LogP contribution in [0.3, 0.4) is 0 Å². The summed E-state index contributed by atoms with van der Waals surface area (Å²) >= 11 is 5.99. The van der Waals surface area contributed by atoms with Crippen LogP contribution in [0.5, 0.6) is 0 Å². The van der Waals surface area contributed by atoms with Crippen LogP contribution in [-0.4, -0.2) is 24.2 Å². The Labute approximate surface area is 94.8 Å². The quantitative estimate of drug-likeness (QED) is 0.860. The van der Waals surface area contributed by atoms with Crippen molar-refractivity contribution in [3.05, 3.63) is 23.4 Å². The van der Waals surface area contributed by atoms with Crippen LogP contribution < -0.4 is 5.32 Å². The number of halogens is 1. The Morgan fingerprint density at radius 1 is 1.67 bits per heavy atom. The lowest BCUT2D eigenvalue weighted by molar-refractivity contribution is 0.108. The first-order chi connectivity index (χ1) is 7.27. The van der Waals surface area contributed by atoms with Crippen molar-refractivity contribution < 1.29 is 4.74 Å². The molecule has 0 amide bonds. The molecule has 0 bridgehead atoms. The van der Waals surface area contributed by atoms with Crippen LogP contribution in [0.25, 0.3) is 0 Å². The predicted octanol–water partition coefficient (Wildman–Crippen LogP) is 2.57. The number of ether oxygens (including phenoxy) is 1. The molecule has 0 aromatic carbocycles. The van der Waals surface area contributed by atoms with Gasteiger partial charge in [-0.15, -0.1) is 0 Å². The molecule has 1 aromatic rings. The fourth-order valence-corrected chi connectivity index (χ4v) is 1.98. The van der Waals surface area contributed by atoms with Gasteiger partial charge in [0.05, 0.1) is 11.1 Å². The molecule has 2 atom stereocenters. The van der Waals surface area contributed by atoms with Crippen molar-refractivity contribution in [3.63, 3.8) is 0 Å². The Morgan fingerprint density at radius 2 is 2.53 bits per heavy atom. The van der Waals surface area contributed by atoms with Crippen LogP contribution >= 0.6 is 11.6 Å². The summed E-state index contributed by atoms with van der Waals surface area (Å²) in [7, 11) is 0. The number of aromatic nitrogens is 1. The van der Waals surface area contributed by atoms with Gasteiger partial charge in [-0.05, 0) is 25.5 Å². The highest BCUT2D eigenvalue weighted by Gasteiger charge is 2.23. The molecule has 2 unspecified atom stereocenters. The van der Waals surface area contributed by atoms with Gasteiger partial charge >= 0.3 is 0 Å². The second-order valence-electron chi connectivity index (χ2n) is 3.84. The van der Waals surface area contributed by atoms with Crippen molar-refractivity contribution in [3.8, 4) is 0 Å². The third-order valence-electron chi connectivity index (χ3n) is 2.82. The monoisotopic (exact) mass is 226 g/mol. The second-order valence-corrected chi connectivity index (χ2v) is 4.25. The second kappa shape index (κ2) is 4.81. The van der Waals surface area contributed by atoms with Crippen LogP contribution in [0.2, 0.25) is 5.02 Å². The topological polar surface area (TPSA) is 34.1 Å². The summed E-state index contributed by atoms with van der Waals surface area (Å²) < 4.78 is 5.49. The van der Waals surface area contributed by atoms with Crippen molar-refractivity contribution in [2.45, 2.75) is 19.4 Å². The molecule has 15 heavy (non-hydrogen) atoms. The Bertz CT molecular complexity index is 332. The summed E-state index contributed by atoms with van der Waals surface area (Å²) in [5.74, 6) is 1.32. The Morgan fingerprint density at radius 3 is 3.20 bits per heavy atom. The van der Waals surface area contributed by atoms with Crippen LogP contribution in [0.4, 0.5) is 5.82 Å². The van der Waals surface area contributed by atoms with Crippen LogP contribution in [0.1, 0.15) is 13.3 Å². The number of nitrogens with zero attached hydrogens (tertiary/aromatic N) is 1. The molecule has 0 aliphatic carbocycles. The average Bonchev–Trinajstić information content (AvgIpc) is 2.63. The van der Waals surface area contributed by atoms with E-state index < -0.39 is 0 Å². The summed E-state index contributed by atoms with van der Waals surface area (Å²) in [5, 5.41) is 3.93. The van der Waals surface area contributed by atoms with Gasteiger partial charge in [0.1, 0.15) is 5.82 Å². The standard InChI is InChI=1S/C11H15ClN2O/c1-8-9(4-6-15-8)7-14-11-10(12)3-2-5-13-11/h2-3,5,8-9H,4,6-7H2,1H3,(H,13,14). The van der Waals surface area contributed by atoms with Gasteiger partial charge < -0.3 is 10.1 Å². The van der Waals surface area contributed by atoms with Crippen molar-refractivity contribution in [1.82, 2.24) is 4.98 Å². The summed E-state index contributed by atoms with van der Waals surface area (Å²) in [6.07, 6.45) is 3.18. The van der Waals surface area contributed by atoms with E-state index in [1.54, 1.807) is 6.20 Å². The van der Waals surface area contributed by atoms with E-state index in [-0.39, 0.29) is 0 Å². The highest BCUT2D eigenvalue weighted by molar-refractivity contribution is 6.32. The third kappa shape index (κ3) is 2.61. The van der Waals surface area contributed by atoms with Crippen molar-refractivity contribution in [1.29, 1.82) is 0 Å². The Balaban J connectivity index is 1.90. The highest BCUT2D eigenvalue weighted by atomic mass is 35.5. The molecule has 1 aromatic heterocycles. The van der Waals surface area contributed by atoms with E-state index in [0.29, 0.717) is 17.0 Å². The number of pyridine rings is 1. The molecule has 0 spiro atoms. The molecule has 0 radical (unpaired) electrons. The first-order valence-electron chi connectivity index (χ1n) is 5.23. The zero-order valence-corrected chi connectivity index (χ0v) is 9.50. The largest absolute Gasteiger partial charge is 0.378 e. The molecule has 82 valence electrons. The van der Waals surface area contributed by atoms with Crippen molar-refractivity contribution in [2.24, 2.45) is 5.92 Å². The molecule has 1 N–H and O–H groups in total. The third-order valence-corrected chi connectivity index (χ3v) is 3.13. The lowest BCUT2D eigenvalue weighted by Gasteiger charge is -2.15. The van der Waals surface area contributed by atoms with E-state index >= 15 is 0 Å². The Kier molecular flexibility index (Phi) is 3.44. The summed E-state index contributed by atoms with van der Waals surface area (Å²) in [6, 6.07) is 3.67. The van der Waals surface area contributed by atoms with Gasteiger partial charge in [-0.2, -0.15) is 0 Å². The fourth-order valence-electron chi connectivity index (χ4n) is 1.79. The van der Waals surface area contributed by atoms with Crippen molar-refractivity contribution >= 4 is 17.4 Å². The summed E-state index contributed by atoms with van der Waals surface area (Å²) in [4.78, 5) is 4.18. The number of rotatable bonds is 3. The average molecular weight is 227 g/mol. The molecule has 1 aliphatic rings. The normalized spacial score (nSPS) is 25.5. The van der Waals surface area contributed by atoms with Gasteiger partial charge in [0.25, 0.3) is 0 Å². The van der Waals surface area contributed by atoms with Gasteiger partial charge in [-0.1, -0.05) is 11.6 Å². The van der Waals surface area contributed by atoms with Crippen LogP contribution in [0.15, 0.2) is 18.3 Å². The van der Waals surface area contributed by atoms with Gasteiger partial charge in [0, 0.05) is 25.3 Å². The van der Waals surface area contributed by atoms with Gasteiger partial charge in [0.15, 0.2) is 0 Å². The Hall–Kier alpha value is -0.800. The van der Waals surface area contributed by atoms with E-state index in [9.17, 15) is 0 Å². The molecule has 4 heteroatoms. The minimum absolute atomic E-state index is 0.333. The fraction of sp³-hybridized carbons (Fsp3) is 0.545. The minimum Gasteiger partial charge on any atom is -0.378 e. The van der Waals surface area contributed by atoms with Crippen LogP contribution in [0, 0.1) is 5.92 Å². The zero-order chi connectivity index (χ0) is 10.7. The molecule has 0 saturated carbocycles. The van der Waals surface area contributed by atoms with Gasteiger partial charge in [0.2, 0.25) is 0 Å². The van der Waals surface area contributed by atoms with E-state index in [0.717, 1.165) is 25.4 Å². The first kappa shape index (κ1) is 10.7. The molecular weight excluding hydrogens is 212 g/mol. The minimum atomic E-state index is 0.333. The number of nitrogens with one attached hydrogen (secondary N) is 1. The van der Waals surface area contributed by atoms with E-state index in [4.69, 9.17) is 16.3 Å². The molecule has 2 heterocycles. The maximum atomic E-state index is 5.99. The number of anilines is 1. The highest BCUT2D eigenvalue weighted by Crippen LogP contribution is 2.22. The molecule has 1 saturated heterocycles. The molecule has 2 rings (SSSR count). The van der Waals surface area contributed by atoms with Gasteiger partial charge in [-0.3, -0.25) is 0 Å². The van der Waals surface area contributed by atoms with E-state index in [1.807, 2.05) is 12.1 Å². The smallest absolute Gasteiger partial charge is 0.144 e. The maximum Gasteiger partial charge on any atom is 0.144 e. The molecule has 1 fully saturated rings. The number of hydrogen-bond acceptors (Lipinski definition) is 3. The van der Waals surface area contributed by atoms with Crippen molar-refractivity contribution in [2.75, 3.05) is 18.5 Å². The summed E-state index contributed by atoms with van der Waals surface area (Å²) in [6.45, 7) is 3.85. The molecular formula is C11H15ClN2O.